The molecule has 0 bridgehead atoms. The number of imide groups is 1. The van der Waals surface area contributed by atoms with E-state index in [2.05, 4.69) is 57.8 Å². The minimum atomic E-state index is -0.647. The first kappa shape index (κ1) is 40.4. The maximum Gasteiger partial charge on any atom is 0.255 e. The SMILES string of the molecule is [C-]#[N+]c1ccc2c3c([nH]c2c1)C(C)(C)c1cc(N2CCC(N4CCN(C(=O)CCCCOc5ccc6c(c5)CN(C5CCC(=O)NC5=O)C6=O)CC4)CC2)c(CC)cc1C3=O. The number of rotatable bonds is 10. The number of carbonyl (C=O) groups is 5. The van der Waals surface area contributed by atoms with Gasteiger partial charge in [-0.05, 0) is 91.6 Å². The maximum absolute atomic E-state index is 14.1. The first-order chi connectivity index (χ1) is 29.4. The number of piperazine rings is 1. The lowest BCUT2D eigenvalue weighted by Gasteiger charge is -2.44. The molecule has 4 amide bonds. The van der Waals surface area contributed by atoms with Crippen LogP contribution >= 0.6 is 0 Å². The van der Waals surface area contributed by atoms with E-state index >= 15 is 0 Å². The Kier molecular flexibility index (Phi) is 10.7. The Morgan fingerprint density at radius 2 is 1.70 bits per heavy atom. The van der Waals surface area contributed by atoms with Gasteiger partial charge in [0.05, 0.1) is 18.7 Å². The van der Waals surface area contributed by atoms with Gasteiger partial charge in [0.15, 0.2) is 11.5 Å². The number of piperidine rings is 2. The highest BCUT2D eigenvalue weighted by Gasteiger charge is 2.42. The number of amides is 4. The van der Waals surface area contributed by atoms with Gasteiger partial charge in [0.2, 0.25) is 17.7 Å². The van der Waals surface area contributed by atoms with Crippen LogP contribution < -0.4 is 15.0 Å². The topological polar surface area (TPSA) is 140 Å². The van der Waals surface area contributed by atoms with E-state index in [1.165, 1.54) is 16.2 Å². The molecule has 0 radical (unpaired) electrons. The molecule has 1 aromatic heterocycles. The molecule has 13 heteroatoms. The second-order valence-electron chi connectivity index (χ2n) is 17.7. The second kappa shape index (κ2) is 16.1. The molecule has 61 heavy (non-hydrogen) atoms. The predicted molar refractivity (Wildman–Crippen MR) is 231 cm³/mol. The van der Waals surface area contributed by atoms with E-state index in [0.29, 0.717) is 49.0 Å². The Balaban J connectivity index is 0.734. The van der Waals surface area contributed by atoms with Crippen molar-refractivity contribution in [2.24, 2.45) is 0 Å². The lowest BCUT2D eigenvalue weighted by atomic mass is 9.70. The summed E-state index contributed by atoms with van der Waals surface area (Å²) in [5.41, 5.74) is 8.20. The Hall–Kier alpha value is -6.00. The number of nitrogens with one attached hydrogen (secondary N) is 2. The third kappa shape index (κ3) is 7.34. The molecule has 0 spiro atoms. The minimum absolute atomic E-state index is 0.0489. The Morgan fingerprint density at radius 1 is 0.918 bits per heavy atom. The number of hydrogen-bond donors (Lipinski definition) is 2. The Bertz CT molecular complexity index is 2500. The van der Waals surface area contributed by atoms with Crippen molar-refractivity contribution in [2.75, 3.05) is 50.8 Å². The zero-order chi connectivity index (χ0) is 42.6. The van der Waals surface area contributed by atoms with Gasteiger partial charge in [-0.1, -0.05) is 32.9 Å². The molecular weight excluding hydrogens is 771 g/mol. The zero-order valence-electron chi connectivity index (χ0n) is 35.3. The highest BCUT2D eigenvalue weighted by Crippen LogP contribution is 2.46. The Labute approximate surface area is 356 Å². The van der Waals surface area contributed by atoms with Gasteiger partial charge in [-0.3, -0.25) is 34.2 Å². The molecule has 1 atom stereocenters. The second-order valence-corrected chi connectivity index (χ2v) is 17.7. The van der Waals surface area contributed by atoms with E-state index in [9.17, 15) is 24.0 Å². The highest BCUT2D eigenvalue weighted by atomic mass is 16.5. The summed E-state index contributed by atoms with van der Waals surface area (Å²) in [6.07, 6.45) is 5.41. The van der Waals surface area contributed by atoms with Crippen LogP contribution in [0.1, 0.15) is 114 Å². The van der Waals surface area contributed by atoms with E-state index in [1.807, 2.05) is 23.1 Å². The van der Waals surface area contributed by atoms with Crippen LogP contribution in [0.5, 0.6) is 5.75 Å². The molecule has 5 heterocycles. The summed E-state index contributed by atoms with van der Waals surface area (Å²) in [5.74, 6) is -0.0469. The van der Waals surface area contributed by atoms with Crippen LogP contribution in [-0.4, -0.2) is 107 Å². The highest BCUT2D eigenvalue weighted by molar-refractivity contribution is 6.20. The lowest BCUT2D eigenvalue weighted by molar-refractivity contribution is -0.137. The van der Waals surface area contributed by atoms with Crippen LogP contribution in [0.4, 0.5) is 11.4 Å². The summed E-state index contributed by atoms with van der Waals surface area (Å²) in [5, 5.41) is 3.21. The molecule has 316 valence electrons. The number of fused-ring (bicyclic) bond motifs is 5. The van der Waals surface area contributed by atoms with E-state index in [-0.39, 0.29) is 29.9 Å². The summed E-state index contributed by atoms with van der Waals surface area (Å²) in [6.45, 7) is 19.9. The number of ether oxygens (including phenoxy) is 1. The fourth-order valence-electron chi connectivity index (χ4n) is 10.3. The number of aromatic nitrogens is 1. The molecule has 0 saturated carbocycles. The monoisotopic (exact) mass is 823 g/mol. The summed E-state index contributed by atoms with van der Waals surface area (Å²) in [6, 6.07) is 15.1. The number of benzene rings is 3. The molecule has 5 aliphatic rings. The summed E-state index contributed by atoms with van der Waals surface area (Å²) < 4.78 is 6.00. The van der Waals surface area contributed by atoms with Gasteiger partial charge in [-0.15, -0.1) is 0 Å². The molecule has 3 aromatic carbocycles. The van der Waals surface area contributed by atoms with Gasteiger partial charge in [-0.25, -0.2) is 4.85 Å². The van der Waals surface area contributed by atoms with Gasteiger partial charge < -0.3 is 24.4 Å². The van der Waals surface area contributed by atoms with Gasteiger partial charge >= 0.3 is 0 Å². The van der Waals surface area contributed by atoms with Crippen molar-refractivity contribution in [1.29, 1.82) is 0 Å². The molecule has 13 nitrogen and oxygen atoms in total. The van der Waals surface area contributed by atoms with E-state index in [0.717, 1.165) is 110 Å². The van der Waals surface area contributed by atoms with Crippen LogP contribution in [0.2, 0.25) is 0 Å². The van der Waals surface area contributed by atoms with Crippen molar-refractivity contribution in [3.63, 3.8) is 0 Å². The van der Waals surface area contributed by atoms with Gasteiger partial charge in [0.1, 0.15) is 11.8 Å². The van der Waals surface area contributed by atoms with Crippen molar-refractivity contribution < 1.29 is 28.7 Å². The van der Waals surface area contributed by atoms with Crippen molar-refractivity contribution in [3.05, 3.63) is 99.0 Å². The molecule has 1 unspecified atom stereocenters. The number of H-pyrrole nitrogens is 1. The fraction of sp³-hybridized carbons (Fsp3) is 0.458. The standard InChI is InChI=1S/C48H53N7O6/c1-5-29-25-36-37(48(2,3)45-43(44(36)58)35-11-9-31(49-4)26-38(35)50-45)27-40(29)53-17-15-32(16-18-53)52-19-21-54(22-20-52)42(57)8-6-7-23-61-33-10-12-34-30(24-33)28-55(47(34)60)39-13-14-41(56)51-46(39)59/h9-12,24-27,32,39,50H,5-8,13-23,28H2,1-3H3,(H,51,56,59). The zero-order valence-corrected chi connectivity index (χ0v) is 35.3. The molecule has 3 fully saturated rings. The minimum Gasteiger partial charge on any atom is -0.494 e. The third-order valence-electron chi connectivity index (χ3n) is 13.8. The number of anilines is 1. The number of unbranched alkanes of at least 4 members (excludes halogenated alkanes) is 1. The summed E-state index contributed by atoms with van der Waals surface area (Å²) >= 11 is 0. The molecule has 3 saturated heterocycles. The summed E-state index contributed by atoms with van der Waals surface area (Å²) in [7, 11) is 0. The van der Waals surface area contributed by atoms with Crippen LogP contribution in [0.3, 0.4) is 0 Å². The quantitative estimate of drug-likeness (QED) is 0.108. The molecule has 4 aromatic rings. The van der Waals surface area contributed by atoms with Crippen molar-refractivity contribution in [3.8, 4) is 5.75 Å². The first-order valence-electron chi connectivity index (χ1n) is 21.9. The van der Waals surface area contributed by atoms with E-state index in [4.69, 9.17) is 11.3 Å². The Morgan fingerprint density at radius 3 is 2.44 bits per heavy atom. The van der Waals surface area contributed by atoms with Crippen molar-refractivity contribution >= 4 is 51.7 Å². The number of nitrogens with zero attached hydrogens (tertiary/aromatic N) is 5. The van der Waals surface area contributed by atoms with E-state index in [1.54, 1.807) is 18.2 Å². The normalized spacial score (nSPS) is 20.4. The van der Waals surface area contributed by atoms with Crippen LogP contribution in [0.25, 0.3) is 15.7 Å². The number of aryl methyl sites for hydroxylation is 1. The third-order valence-corrected chi connectivity index (χ3v) is 13.8. The smallest absolute Gasteiger partial charge is 0.255 e. The number of carbonyl (C=O) groups excluding carboxylic acids is 5. The average Bonchev–Trinajstić information content (AvgIpc) is 3.82. The first-order valence-corrected chi connectivity index (χ1v) is 21.9. The summed E-state index contributed by atoms with van der Waals surface area (Å²) in [4.78, 5) is 80.0. The lowest BCUT2D eigenvalue weighted by Crippen LogP contribution is -2.54. The van der Waals surface area contributed by atoms with Crippen LogP contribution in [-0.2, 0) is 32.8 Å². The number of aromatic amines is 1. The maximum atomic E-state index is 14.1. The number of ketones is 1. The molecule has 2 N–H and O–H groups in total. The molecule has 4 aliphatic heterocycles. The largest absolute Gasteiger partial charge is 0.494 e. The fourth-order valence-corrected chi connectivity index (χ4v) is 10.3. The molecule has 9 rings (SSSR count). The predicted octanol–water partition coefficient (Wildman–Crippen LogP) is 6.27. The van der Waals surface area contributed by atoms with Gasteiger partial charge in [0, 0.05) is 104 Å². The van der Waals surface area contributed by atoms with Crippen LogP contribution in [0, 0.1) is 6.57 Å². The number of hydrogen-bond acceptors (Lipinski definition) is 8. The van der Waals surface area contributed by atoms with E-state index < -0.39 is 17.4 Å². The molecule has 1 aliphatic carbocycles. The average molecular weight is 824 g/mol. The van der Waals surface area contributed by atoms with Crippen molar-refractivity contribution in [2.45, 2.75) is 96.2 Å². The van der Waals surface area contributed by atoms with Gasteiger partial charge in [0.25, 0.3) is 5.91 Å². The van der Waals surface area contributed by atoms with Gasteiger partial charge in [-0.2, -0.15) is 0 Å². The molecular formula is C48H53N7O6. The van der Waals surface area contributed by atoms with Crippen molar-refractivity contribution in [1.82, 2.24) is 25.0 Å². The van der Waals surface area contributed by atoms with Crippen LogP contribution in [0.15, 0.2) is 48.5 Å².